The Labute approximate surface area is 157 Å². The van der Waals surface area contributed by atoms with Crippen LogP contribution in [0.1, 0.15) is 25.3 Å². The summed E-state index contributed by atoms with van der Waals surface area (Å²) in [5.74, 6) is -0.518. The van der Waals surface area contributed by atoms with Gasteiger partial charge in [0, 0.05) is 0 Å². The van der Waals surface area contributed by atoms with Gasteiger partial charge in [-0.3, -0.25) is 4.79 Å². The van der Waals surface area contributed by atoms with Crippen LogP contribution >= 0.6 is 0 Å². The van der Waals surface area contributed by atoms with Gasteiger partial charge in [-0.05, 0) is 23.6 Å². The first-order chi connectivity index (χ1) is 13.0. The van der Waals surface area contributed by atoms with Crippen molar-refractivity contribution in [2.24, 2.45) is 5.92 Å². The first-order valence-electron chi connectivity index (χ1n) is 8.87. The highest BCUT2D eigenvalue weighted by molar-refractivity contribution is 5.85. The Balaban J connectivity index is 1.58. The lowest BCUT2D eigenvalue weighted by atomic mass is 10.0. The number of benzene rings is 2. The van der Waals surface area contributed by atoms with Crippen LogP contribution in [0.25, 0.3) is 11.1 Å². The summed E-state index contributed by atoms with van der Waals surface area (Å²) >= 11 is 0. The van der Waals surface area contributed by atoms with Gasteiger partial charge in [0.05, 0.1) is 6.42 Å². The van der Waals surface area contributed by atoms with E-state index in [4.69, 9.17) is 9.15 Å². The number of hydrogen-bond donors (Lipinski definition) is 1. The van der Waals surface area contributed by atoms with E-state index in [1.54, 1.807) is 6.07 Å². The Morgan fingerprint density at radius 2 is 1.78 bits per heavy atom. The van der Waals surface area contributed by atoms with Crippen LogP contribution in [0.3, 0.4) is 0 Å². The molecule has 0 aliphatic heterocycles. The molecule has 3 rings (SSSR count). The number of carbonyl (C=O) groups is 2. The molecular weight excluding hydrogens is 344 g/mol. The summed E-state index contributed by atoms with van der Waals surface area (Å²) in [6.45, 7) is 3.63. The minimum Gasteiger partial charge on any atom is -0.454 e. The highest BCUT2D eigenvalue weighted by Crippen LogP contribution is 2.16. The molecule has 1 heterocycles. The highest BCUT2D eigenvalue weighted by atomic mass is 16.5. The van der Waals surface area contributed by atoms with Crippen LogP contribution in [0.4, 0.5) is 0 Å². The average molecular weight is 366 g/mol. The van der Waals surface area contributed by atoms with Gasteiger partial charge in [-0.25, -0.2) is 9.78 Å². The van der Waals surface area contributed by atoms with E-state index < -0.39 is 12.0 Å². The van der Waals surface area contributed by atoms with E-state index in [1.807, 2.05) is 62.4 Å². The Morgan fingerprint density at radius 1 is 1.07 bits per heavy atom. The van der Waals surface area contributed by atoms with Crippen molar-refractivity contribution in [2.45, 2.75) is 32.9 Å². The molecule has 0 aliphatic carbocycles. The quantitative estimate of drug-likeness (QED) is 0.649. The smallest absolute Gasteiger partial charge is 0.329 e. The van der Waals surface area contributed by atoms with Crippen molar-refractivity contribution < 1.29 is 18.7 Å². The lowest BCUT2D eigenvalue weighted by molar-refractivity contribution is -0.151. The standard InChI is InChI=1S/C21H22N2O4/c1-14(2)20(23-18(24)12-15-8-4-3-5-9-15)21(25)26-13-19-22-16-10-6-7-11-17(16)27-19/h3-11,14,20H,12-13H2,1-2H3,(H,23,24)/t20-/m0/s1. The van der Waals surface area contributed by atoms with E-state index in [9.17, 15) is 9.59 Å². The normalized spacial score (nSPS) is 12.1. The molecule has 6 heteroatoms. The molecular formula is C21H22N2O4. The molecule has 6 nitrogen and oxygen atoms in total. The van der Waals surface area contributed by atoms with Crippen molar-refractivity contribution in [1.82, 2.24) is 10.3 Å². The Bertz CT molecular complexity index is 885. The number of rotatable bonds is 7. The number of nitrogens with one attached hydrogen (secondary N) is 1. The molecule has 0 bridgehead atoms. The molecule has 1 atom stereocenters. The molecule has 0 saturated heterocycles. The molecule has 0 radical (unpaired) electrons. The van der Waals surface area contributed by atoms with Crippen molar-refractivity contribution in [2.75, 3.05) is 0 Å². The number of hydrogen-bond acceptors (Lipinski definition) is 5. The molecule has 3 aromatic rings. The van der Waals surface area contributed by atoms with Gasteiger partial charge in [-0.2, -0.15) is 0 Å². The van der Waals surface area contributed by atoms with Crippen LogP contribution in [0.5, 0.6) is 0 Å². The number of fused-ring (bicyclic) bond motifs is 1. The van der Waals surface area contributed by atoms with Crippen molar-refractivity contribution in [3.63, 3.8) is 0 Å². The molecule has 0 saturated carbocycles. The molecule has 140 valence electrons. The molecule has 1 amide bonds. The second kappa shape index (κ2) is 8.49. The fourth-order valence-corrected chi connectivity index (χ4v) is 2.71. The van der Waals surface area contributed by atoms with Crippen molar-refractivity contribution in [3.05, 3.63) is 66.1 Å². The SMILES string of the molecule is CC(C)[C@H](NC(=O)Cc1ccccc1)C(=O)OCc1nc2ccccc2o1. The zero-order valence-corrected chi connectivity index (χ0v) is 15.3. The van der Waals surface area contributed by atoms with Crippen molar-refractivity contribution in [1.29, 1.82) is 0 Å². The monoisotopic (exact) mass is 366 g/mol. The summed E-state index contributed by atoms with van der Waals surface area (Å²) in [6.07, 6.45) is 0.211. The maximum absolute atomic E-state index is 12.5. The second-order valence-electron chi connectivity index (χ2n) is 6.63. The van der Waals surface area contributed by atoms with E-state index in [1.165, 1.54) is 0 Å². The topological polar surface area (TPSA) is 81.4 Å². The number of oxazole rings is 1. The van der Waals surface area contributed by atoms with Gasteiger partial charge in [0.1, 0.15) is 11.6 Å². The zero-order chi connectivity index (χ0) is 19.2. The summed E-state index contributed by atoms with van der Waals surface area (Å²) in [4.78, 5) is 29.0. The lowest BCUT2D eigenvalue weighted by Crippen LogP contribution is -2.45. The highest BCUT2D eigenvalue weighted by Gasteiger charge is 2.26. The summed E-state index contributed by atoms with van der Waals surface area (Å²) < 4.78 is 10.9. The van der Waals surface area contributed by atoms with Gasteiger partial charge in [-0.1, -0.05) is 56.3 Å². The van der Waals surface area contributed by atoms with E-state index >= 15 is 0 Å². The van der Waals surface area contributed by atoms with Crippen LogP contribution in [-0.4, -0.2) is 22.9 Å². The van der Waals surface area contributed by atoms with Gasteiger partial charge in [-0.15, -0.1) is 0 Å². The summed E-state index contributed by atoms with van der Waals surface area (Å²) in [5.41, 5.74) is 2.23. The maximum Gasteiger partial charge on any atom is 0.329 e. The van der Waals surface area contributed by atoms with Crippen LogP contribution in [0.15, 0.2) is 59.0 Å². The number of amides is 1. The van der Waals surface area contributed by atoms with E-state index in [0.29, 0.717) is 17.0 Å². The number of aromatic nitrogens is 1. The van der Waals surface area contributed by atoms with E-state index in [2.05, 4.69) is 10.3 Å². The summed E-state index contributed by atoms with van der Waals surface area (Å²) in [5, 5.41) is 2.76. The minimum absolute atomic E-state index is 0.0781. The third-order valence-electron chi connectivity index (χ3n) is 4.12. The van der Waals surface area contributed by atoms with Crippen molar-refractivity contribution in [3.8, 4) is 0 Å². The third-order valence-corrected chi connectivity index (χ3v) is 4.12. The fraction of sp³-hybridized carbons (Fsp3) is 0.286. The lowest BCUT2D eigenvalue weighted by Gasteiger charge is -2.20. The van der Waals surface area contributed by atoms with Crippen LogP contribution in [0, 0.1) is 5.92 Å². The molecule has 0 unspecified atom stereocenters. The number of nitrogens with zero attached hydrogens (tertiary/aromatic N) is 1. The fourth-order valence-electron chi connectivity index (χ4n) is 2.71. The van der Waals surface area contributed by atoms with Crippen LogP contribution in [0.2, 0.25) is 0 Å². The number of ether oxygens (including phenoxy) is 1. The largest absolute Gasteiger partial charge is 0.454 e. The number of esters is 1. The van der Waals surface area contributed by atoms with Crippen LogP contribution < -0.4 is 5.32 Å². The summed E-state index contributed by atoms with van der Waals surface area (Å²) in [6, 6.07) is 16.0. The summed E-state index contributed by atoms with van der Waals surface area (Å²) in [7, 11) is 0. The van der Waals surface area contributed by atoms with Crippen molar-refractivity contribution >= 4 is 23.0 Å². The molecule has 1 aromatic heterocycles. The van der Waals surface area contributed by atoms with Gasteiger partial charge < -0.3 is 14.5 Å². The second-order valence-corrected chi connectivity index (χ2v) is 6.63. The minimum atomic E-state index is -0.731. The molecule has 0 aliphatic rings. The molecule has 1 N–H and O–H groups in total. The molecule has 2 aromatic carbocycles. The Morgan fingerprint density at radius 3 is 2.48 bits per heavy atom. The molecule has 0 spiro atoms. The van der Waals surface area contributed by atoms with Crippen LogP contribution in [-0.2, 0) is 27.4 Å². The van der Waals surface area contributed by atoms with E-state index in [0.717, 1.165) is 5.56 Å². The van der Waals surface area contributed by atoms with E-state index in [-0.39, 0.29) is 24.9 Å². The third kappa shape index (κ3) is 4.94. The zero-order valence-electron chi connectivity index (χ0n) is 15.3. The number of carbonyl (C=O) groups excluding carboxylic acids is 2. The van der Waals surface area contributed by atoms with Gasteiger partial charge in [0.25, 0.3) is 0 Å². The predicted octanol–water partition coefficient (Wildman–Crippen LogP) is 3.25. The first kappa shape index (κ1) is 18.6. The average Bonchev–Trinajstić information content (AvgIpc) is 3.08. The number of para-hydroxylation sites is 2. The Kier molecular flexibility index (Phi) is 5.86. The molecule has 0 fully saturated rings. The van der Waals surface area contributed by atoms with Gasteiger partial charge >= 0.3 is 5.97 Å². The maximum atomic E-state index is 12.5. The predicted molar refractivity (Wildman–Crippen MR) is 101 cm³/mol. The Hall–Kier alpha value is -3.15. The van der Waals surface area contributed by atoms with Gasteiger partial charge in [0.15, 0.2) is 12.2 Å². The molecule has 27 heavy (non-hydrogen) atoms. The van der Waals surface area contributed by atoms with Gasteiger partial charge in [0.2, 0.25) is 11.8 Å². The first-order valence-corrected chi connectivity index (χ1v) is 8.87.